The number of carbonyl (C=O) groups is 2. The molecule has 116 valence electrons. The Hall–Kier alpha value is -1.64. The minimum atomic E-state index is -0.810. The molecule has 0 saturated heterocycles. The number of aryl methyl sites for hydroxylation is 1. The molecular weight excluding hydrogens is 264 g/mol. The first-order valence-corrected chi connectivity index (χ1v) is 7.95. The van der Waals surface area contributed by atoms with Crippen molar-refractivity contribution in [3.63, 3.8) is 0 Å². The van der Waals surface area contributed by atoms with Crippen molar-refractivity contribution in [2.75, 3.05) is 0 Å². The van der Waals surface area contributed by atoms with Gasteiger partial charge in [0.15, 0.2) is 0 Å². The highest BCUT2D eigenvalue weighted by molar-refractivity contribution is 6.33. The monoisotopic (exact) mass is 290 g/mol. The molecule has 3 nitrogen and oxygen atoms in total. The predicted octanol–water partition coefficient (Wildman–Crippen LogP) is 4.47. The fourth-order valence-corrected chi connectivity index (χ4v) is 2.19. The molecule has 0 aliphatic rings. The van der Waals surface area contributed by atoms with Crippen LogP contribution in [-0.2, 0) is 16.0 Å². The van der Waals surface area contributed by atoms with E-state index in [0.717, 1.165) is 6.42 Å². The topological polar surface area (TPSA) is 43.4 Å². The van der Waals surface area contributed by atoms with Gasteiger partial charge in [0.1, 0.15) is 5.75 Å². The van der Waals surface area contributed by atoms with Crippen LogP contribution in [-0.4, -0.2) is 11.8 Å². The predicted molar refractivity (Wildman–Crippen MR) is 84.5 cm³/mol. The molecule has 0 unspecified atom stereocenters. The Morgan fingerprint density at radius 3 is 2.05 bits per heavy atom. The third kappa shape index (κ3) is 7.64. The van der Waals surface area contributed by atoms with Crippen LogP contribution >= 0.6 is 0 Å². The van der Waals surface area contributed by atoms with Gasteiger partial charge >= 0.3 is 5.97 Å². The van der Waals surface area contributed by atoms with E-state index in [0.29, 0.717) is 5.75 Å². The summed E-state index contributed by atoms with van der Waals surface area (Å²) in [6, 6.07) is 7.41. The molecule has 0 aliphatic carbocycles. The highest BCUT2D eigenvalue weighted by Gasteiger charge is 2.09. The van der Waals surface area contributed by atoms with E-state index in [-0.39, 0.29) is 0 Å². The minimum Gasteiger partial charge on any atom is -0.421 e. The Kier molecular flexibility index (Phi) is 8.41. The molecular formula is C18H26O3. The fraction of sp³-hybridized carbons (Fsp3) is 0.556. The van der Waals surface area contributed by atoms with Gasteiger partial charge in [-0.1, -0.05) is 57.6 Å². The lowest BCUT2D eigenvalue weighted by atomic mass is 10.0. The Morgan fingerprint density at radius 1 is 0.905 bits per heavy atom. The van der Waals surface area contributed by atoms with Crippen LogP contribution in [0.1, 0.15) is 64.4 Å². The molecule has 1 aromatic rings. The second-order valence-electron chi connectivity index (χ2n) is 5.46. The number of Topliss-reactive ketones (excluding diaryl/α,β-unsaturated/α-hetero) is 1. The molecule has 0 saturated carbocycles. The summed E-state index contributed by atoms with van der Waals surface area (Å²) >= 11 is 0. The number of benzene rings is 1. The lowest BCUT2D eigenvalue weighted by Crippen LogP contribution is -2.16. The summed E-state index contributed by atoms with van der Waals surface area (Å²) in [6.45, 7) is 3.44. The van der Waals surface area contributed by atoms with Gasteiger partial charge in [-0.15, -0.1) is 0 Å². The number of hydrogen-bond acceptors (Lipinski definition) is 3. The maximum atomic E-state index is 11.1. The number of esters is 1. The van der Waals surface area contributed by atoms with E-state index in [1.54, 1.807) is 12.1 Å². The van der Waals surface area contributed by atoms with Crippen molar-refractivity contribution < 1.29 is 14.3 Å². The first-order valence-electron chi connectivity index (χ1n) is 7.95. The summed E-state index contributed by atoms with van der Waals surface area (Å²) < 4.78 is 4.92. The van der Waals surface area contributed by atoms with Crippen molar-refractivity contribution >= 4 is 11.8 Å². The molecule has 0 N–H and O–H groups in total. The van der Waals surface area contributed by atoms with E-state index < -0.39 is 11.8 Å². The highest BCUT2D eigenvalue weighted by atomic mass is 16.5. The van der Waals surface area contributed by atoms with E-state index in [9.17, 15) is 9.59 Å². The largest absolute Gasteiger partial charge is 0.421 e. The second-order valence-corrected chi connectivity index (χ2v) is 5.46. The van der Waals surface area contributed by atoms with Crippen LogP contribution < -0.4 is 4.74 Å². The normalized spacial score (nSPS) is 10.4. The van der Waals surface area contributed by atoms with Gasteiger partial charge in [-0.05, 0) is 30.5 Å². The molecule has 21 heavy (non-hydrogen) atoms. The molecule has 0 amide bonds. The Morgan fingerprint density at radius 2 is 1.48 bits per heavy atom. The van der Waals surface area contributed by atoms with Gasteiger partial charge in [0.25, 0.3) is 0 Å². The van der Waals surface area contributed by atoms with E-state index >= 15 is 0 Å². The van der Waals surface area contributed by atoms with Crippen LogP contribution in [0.5, 0.6) is 5.75 Å². The summed E-state index contributed by atoms with van der Waals surface area (Å²) in [4.78, 5) is 22.0. The van der Waals surface area contributed by atoms with Gasteiger partial charge < -0.3 is 4.74 Å². The Labute approximate surface area is 127 Å². The second kappa shape index (κ2) is 10.1. The molecule has 0 fully saturated rings. The molecule has 0 radical (unpaired) electrons. The molecule has 0 atom stereocenters. The number of ketones is 1. The molecule has 3 heteroatoms. The molecule has 0 aliphatic heterocycles. The Bertz CT molecular complexity index is 434. The SMILES string of the molecule is CCCCCCCCCc1ccc(OC(=O)C(C)=O)cc1. The van der Waals surface area contributed by atoms with Crippen LogP contribution in [0.3, 0.4) is 0 Å². The van der Waals surface area contributed by atoms with Crippen LogP contribution in [0.25, 0.3) is 0 Å². The fourth-order valence-electron chi connectivity index (χ4n) is 2.19. The van der Waals surface area contributed by atoms with E-state index in [1.807, 2.05) is 12.1 Å². The number of hydrogen-bond donors (Lipinski definition) is 0. The highest BCUT2D eigenvalue weighted by Crippen LogP contribution is 2.15. The van der Waals surface area contributed by atoms with Gasteiger partial charge in [0, 0.05) is 6.92 Å². The van der Waals surface area contributed by atoms with Gasteiger partial charge in [-0.25, -0.2) is 4.79 Å². The molecule has 0 bridgehead atoms. The summed E-state index contributed by atoms with van der Waals surface area (Å²) in [5.41, 5.74) is 1.24. The first-order chi connectivity index (χ1) is 10.1. The lowest BCUT2D eigenvalue weighted by molar-refractivity contribution is -0.146. The van der Waals surface area contributed by atoms with Crippen molar-refractivity contribution in [2.45, 2.75) is 65.2 Å². The third-order valence-electron chi connectivity index (χ3n) is 3.49. The van der Waals surface area contributed by atoms with Crippen LogP contribution in [0.15, 0.2) is 24.3 Å². The molecule has 0 heterocycles. The average molecular weight is 290 g/mol. The maximum Gasteiger partial charge on any atom is 0.379 e. The number of carbonyl (C=O) groups excluding carboxylic acids is 2. The standard InChI is InChI=1S/C18H26O3/c1-3-4-5-6-7-8-9-10-16-11-13-17(14-12-16)21-18(20)15(2)19/h11-14H,3-10H2,1-2H3. The van der Waals surface area contributed by atoms with Crippen molar-refractivity contribution in [3.05, 3.63) is 29.8 Å². The minimum absolute atomic E-state index is 0.429. The smallest absolute Gasteiger partial charge is 0.379 e. The van der Waals surface area contributed by atoms with Crippen molar-refractivity contribution in [1.82, 2.24) is 0 Å². The van der Waals surface area contributed by atoms with E-state index in [4.69, 9.17) is 4.74 Å². The number of unbranched alkanes of at least 4 members (excludes halogenated alkanes) is 6. The van der Waals surface area contributed by atoms with Gasteiger partial charge in [-0.3, -0.25) is 4.79 Å². The average Bonchev–Trinajstić information content (AvgIpc) is 2.48. The molecule has 0 aromatic heterocycles. The first kappa shape index (κ1) is 17.4. The van der Waals surface area contributed by atoms with Gasteiger partial charge in [-0.2, -0.15) is 0 Å². The van der Waals surface area contributed by atoms with Crippen molar-refractivity contribution in [2.24, 2.45) is 0 Å². The van der Waals surface area contributed by atoms with Crippen molar-refractivity contribution in [3.8, 4) is 5.75 Å². The Balaban J connectivity index is 2.22. The molecule has 0 spiro atoms. The molecule has 1 rings (SSSR count). The number of ether oxygens (including phenoxy) is 1. The van der Waals surface area contributed by atoms with E-state index in [2.05, 4.69) is 6.92 Å². The summed E-state index contributed by atoms with van der Waals surface area (Å²) in [7, 11) is 0. The summed E-state index contributed by atoms with van der Waals surface area (Å²) in [5, 5.41) is 0. The quantitative estimate of drug-likeness (QED) is 0.276. The third-order valence-corrected chi connectivity index (χ3v) is 3.49. The van der Waals surface area contributed by atoms with Crippen LogP contribution in [0, 0.1) is 0 Å². The zero-order valence-electron chi connectivity index (χ0n) is 13.2. The lowest BCUT2D eigenvalue weighted by Gasteiger charge is -2.05. The van der Waals surface area contributed by atoms with Crippen molar-refractivity contribution in [1.29, 1.82) is 0 Å². The summed E-state index contributed by atoms with van der Waals surface area (Å²) in [5.74, 6) is -0.963. The van der Waals surface area contributed by atoms with E-state index in [1.165, 1.54) is 57.4 Å². The zero-order valence-corrected chi connectivity index (χ0v) is 13.2. The zero-order chi connectivity index (χ0) is 15.5. The maximum absolute atomic E-state index is 11.1. The van der Waals surface area contributed by atoms with Crippen LogP contribution in [0.2, 0.25) is 0 Å². The van der Waals surface area contributed by atoms with Gasteiger partial charge in [0.2, 0.25) is 5.78 Å². The van der Waals surface area contributed by atoms with Crippen LogP contribution in [0.4, 0.5) is 0 Å². The molecule has 1 aromatic carbocycles. The number of rotatable bonds is 10. The summed E-state index contributed by atoms with van der Waals surface area (Å²) in [6.07, 6.45) is 10.2. The van der Waals surface area contributed by atoms with Gasteiger partial charge in [0.05, 0.1) is 0 Å².